The van der Waals surface area contributed by atoms with Gasteiger partial charge in [0, 0.05) is 19.0 Å². The van der Waals surface area contributed by atoms with Gasteiger partial charge in [-0.2, -0.15) is 0 Å². The molecule has 6 rings (SSSR count). The molecule has 39 heavy (non-hydrogen) atoms. The number of hydrogen-bond donors (Lipinski definition) is 4. The number of aromatic nitrogens is 6. The summed E-state index contributed by atoms with van der Waals surface area (Å²) in [6.07, 6.45) is 5.29. The van der Waals surface area contributed by atoms with Crippen molar-refractivity contribution in [2.45, 2.75) is 75.8 Å². The predicted octanol–water partition coefficient (Wildman–Crippen LogP) is 2.33. The molecule has 0 radical (unpaired) electrons. The van der Waals surface area contributed by atoms with Crippen LogP contribution >= 0.6 is 0 Å². The number of aromatic amines is 1. The van der Waals surface area contributed by atoms with Crippen LogP contribution < -0.4 is 5.73 Å². The molecule has 0 unspecified atom stereocenters. The number of H-pyrrole nitrogens is 1. The first-order valence-corrected chi connectivity index (χ1v) is 13.7. The highest BCUT2D eigenvalue weighted by molar-refractivity contribution is 5.81. The second kappa shape index (κ2) is 9.51. The molecule has 0 amide bonds. The van der Waals surface area contributed by atoms with E-state index in [4.69, 9.17) is 15.5 Å². The molecule has 1 aliphatic carbocycles. The molecule has 11 nitrogen and oxygen atoms in total. The third kappa shape index (κ3) is 4.67. The Kier molecular flexibility index (Phi) is 6.37. The smallest absolute Gasteiger partial charge is 0.197 e. The number of rotatable bonds is 7. The van der Waals surface area contributed by atoms with Crippen molar-refractivity contribution in [3.8, 4) is 0 Å². The molecule has 2 fully saturated rings. The summed E-state index contributed by atoms with van der Waals surface area (Å²) in [6.45, 7) is 7.13. The van der Waals surface area contributed by atoms with Gasteiger partial charge in [0.25, 0.3) is 0 Å². The zero-order valence-corrected chi connectivity index (χ0v) is 23.0. The monoisotopic (exact) mass is 534 g/mol. The molecule has 208 valence electrons. The van der Waals surface area contributed by atoms with Crippen molar-refractivity contribution in [3.63, 3.8) is 0 Å². The van der Waals surface area contributed by atoms with Gasteiger partial charge >= 0.3 is 0 Å². The lowest BCUT2D eigenvalue weighted by atomic mass is 9.76. The van der Waals surface area contributed by atoms with Crippen LogP contribution in [0.4, 0.5) is 5.82 Å². The number of aryl methyl sites for hydroxylation is 1. The fourth-order valence-corrected chi connectivity index (χ4v) is 5.92. The Hall–Kier alpha value is -3.12. The summed E-state index contributed by atoms with van der Waals surface area (Å²) in [7, 11) is 2.06. The van der Waals surface area contributed by atoms with Crippen molar-refractivity contribution in [3.05, 3.63) is 42.2 Å². The average Bonchev–Trinajstić information content (AvgIpc) is 3.55. The van der Waals surface area contributed by atoms with Gasteiger partial charge in [-0.1, -0.05) is 26.8 Å². The van der Waals surface area contributed by atoms with E-state index in [1.54, 1.807) is 0 Å². The van der Waals surface area contributed by atoms with Gasteiger partial charge < -0.3 is 30.6 Å². The van der Waals surface area contributed by atoms with Gasteiger partial charge in [0.15, 0.2) is 17.2 Å². The van der Waals surface area contributed by atoms with Crippen molar-refractivity contribution in [1.29, 1.82) is 0 Å². The van der Waals surface area contributed by atoms with E-state index in [9.17, 15) is 10.2 Å². The molecule has 2 aliphatic rings. The Balaban J connectivity index is 1.02. The second-order valence-corrected chi connectivity index (χ2v) is 12.4. The number of nitrogens with one attached hydrogen (secondary N) is 1. The molecule has 3 aromatic heterocycles. The molecule has 11 heteroatoms. The summed E-state index contributed by atoms with van der Waals surface area (Å²) in [5.74, 6) is 1.92. The number of fused-ring (bicyclic) bond motifs is 2. The highest BCUT2D eigenvalue weighted by Gasteiger charge is 2.51. The van der Waals surface area contributed by atoms with Crippen LogP contribution in [0.5, 0.6) is 0 Å². The lowest BCUT2D eigenvalue weighted by molar-refractivity contribution is -0.109. The summed E-state index contributed by atoms with van der Waals surface area (Å²) in [6, 6.07) is 6.93. The minimum atomic E-state index is -1.68. The maximum atomic E-state index is 11.3. The van der Waals surface area contributed by atoms with Crippen LogP contribution in [0.25, 0.3) is 22.2 Å². The number of nitrogens with two attached hydrogens (primary N) is 1. The molecular formula is C28H38N8O3. The van der Waals surface area contributed by atoms with Gasteiger partial charge in [0.2, 0.25) is 0 Å². The number of hydrogen-bond acceptors (Lipinski definition) is 9. The van der Waals surface area contributed by atoms with Crippen molar-refractivity contribution in [1.82, 2.24) is 34.4 Å². The standard InChI is InChI=1S/C28H38N8O3/c1-27(2,3)17-6-7-19-20(11-17)34-22(33-19)8-5-16-9-18(10-16)35(4)12-21-24(37)28(38,13-39-21)36-15-32-23-25(29)30-14-31-26(23)36/h6-7,11,14-16,18,21,24,37-38H,5,8-10,12-13H2,1-4H3,(H,33,34)(H2,29,30,31)/t16?,18?,21-,24-,28+/m1/s1. The number of benzene rings is 1. The van der Waals surface area contributed by atoms with Crippen LogP contribution in [0.2, 0.25) is 0 Å². The lowest BCUT2D eigenvalue weighted by Gasteiger charge is -2.42. The van der Waals surface area contributed by atoms with Crippen LogP contribution in [-0.2, 0) is 22.3 Å². The van der Waals surface area contributed by atoms with Crippen LogP contribution in [-0.4, -0.2) is 83.0 Å². The van der Waals surface area contributed by atoms with Crippen LogP contribution in [0, 0.1) is 5.92 Å². The van der Waals surface area contributed by atoms with E-state index < -0.39 is 17.9 Å². The number of imidazole rings is 2. The maximum absolute atomic E-state index is 11.3. The van der Waals surface area contributed by atoms with Crippen molar-refractivity contribution in [2.24, 2.45) is 5.92 Å². The normalized spacial score (nSPS) is 27.6. The van der Waals surface area contributed by atoms with Crippen LogP contribution in [0.15, 0.2) is 30.9 Å². The van der Waals surface area contributed by atoms with Gasteiger partial charge in [0.05, 0.1) is 24.0 Å². The zero-order valence-electron chi connectivity index (χ0n) is 23.0. The highest BCUT2D eigenvalue weighted by atomic mass is 16.5. The summed E-state index contributed by atoms with van der Waals surface area (Å²) < 4.78 is 7.32. The van der Waals surface area contributed by atoms with Crippen LogP contribution in [0.1, 0.15) is 51.4 Å². The van der Waals surface area contributed by atoms with Crippen molar-refractivity contribution in [2.75, 3.05) is 25.9 Å². The second-order valence-electron chi connectivity index (χ2n) is 12.4. The number of nitrogen functional groups attached to an aromatic ring is 1. The summed E-state index contributed by atoms with van der Waals surface area (Å²) >= 11 is 0. The van der Waals surface area contributed by atoms with E-state index in [2.05, 4.69) is 70.9 Å². The van der Waals surface area contributed by atoms with Gasteiger partial charge in [-0.3, -0.25) is 4.57 Å². The van der Waals surface area contributed by atoms with E-state index in [1.165, 1.54) is 22.8 Å². The average molecular weight is 535 g/mol. The molecule has 0 bridgehead atoms. The van der Waals surface area contributed by atoms with E-state index in [0.717, 1.165) is 42.5 Å². The minimum absolute atomic E-state index is 0.0654. The molecule has 1 aliphatic heterocycles. The largest absolute Gasteiger partial charge is 0.385 e. The molecule has 0 spiro atoms. The number of nitrogens with zero attached hydrogens (tertiary/aromatic N) is 6. The predicted molar refractivity (Wildman–Crippen MR) is 148 cm³/mol. The fourth-order valence-electron chi connectivity index (χ4n) is 5.92. The lowest BCUT2D eigenvalue weighted by Crippen LogP contribution is -2.51. The van der Waals surface area contributed by atoms with Crippen LogP contribution in [0.3, 0.4) is 0 Å². The Morgan fingerprint density at radius 2 is 2.03 bits per heavy atom. The Bertz CT molecular complexity index is 1490. The maximum Gasteiger partial charge on any atom is 0.197 e. The molecule has 3 atom stereocenters. The summed E-state index contributed by atoms with van der Waals surface area (Å²) in [5.41, 5.74) is 8.51. The van der Waals surface area contributed by atoms with E-state index in [1.807, 2.05) is 0 Å². The van der Waals surface area contributed by atoms with Gasteiger partial charge in [-0.25, -0.2) is 19.9 Å². The Morgan fingerprint density at radius 1 is 1.23 bits per heavy atom. The molecule has 4 heterocycles. The first-order valence-electron chi connectivity index (χ1n) is 13.7. The number of aliphatic hydroxyl groups is 2. The minimum Gasteiger partial charge on any atom is -0.385 e. The summed E-state index contributed by atoms with van der Waals surface area (Å²) in [4.78, 5) is 22.9. The molecule has 1 saturated carbocycles. The zero-order chi connectivity index (χ0) is 27.5. The molecule has 1 saturated heterocycles. The summed E-state index contributed by atoms with van der Waals surface area (Å²) in [5, 5.41) is 22.4. The third-order valence-electron chi connectivity index (χ3n) is 8.60. The fraction of sp³-hybridized carbons (Fsp3) is 0.571. The van der Waals surface area contributed by atoms with Gasteiger partial charge in [-0.05, 0) is 55.3 Å². The Labute approximate surface area is 227 Å². The van der Waals surface area contributed by atoms with Crippen molar-refractivity contribution >= 4 is 28.0 Å². The SMILES string of the molecule is CN(C[C@H]1OC[C@@](O)(n2cnc3c(N)ncnc32)[C@@H]1O)C1CC(CCc2nc3ccc(C(C)(C)C)cc3[nH]2)C1. The highest BCUT2D eigenvalue weighted by Crippen LogP contribution is 2.37. The van der Waals surface area contributed by atoms with Crippen molar-refractivity contribution < 1.29 is 14.9 Å². The number of likely N-dealkylation sites (N-methyl/N-ethyl adjacent to an activating group) is 1. The topological polar surface area (TPSA) is 151 Å². The molecule has 1 aromatic carbocycles. The number of anilines is 1. The third-order valence-corrected chi connectivity index (χ3v) is 8.60. The quantitative estimate of drug-likeness (QED) is 0.280. The number of ether oxygens (including phenoxy) is 1. The van der Waals surface area contributed by atoms with E-state index in [0.29, 0.717) is 29.7 Å². The van der Waals surface area contributed by atoms with Gasteiger partial charge in [-0.15, -0.1) is 0 Å². The molecular weight excluding hydrogens is 496 g/mol. The van der Waals surface area contributed by atoms with E-state index >= 15 is 0 Å². The molecule has 5 N–H and O–H groups in total. The first-order chi connectivity index (χ1) is 18.5. The Morgan fingerprint density at radius 3 is 2.79 bits per heavy atom. The first kappa shape index (κ1) is 26.1. The van der Waals surface area contributed by atoms with Gasteiger partial charge in [0.1, 0.15) is 29.9 Å². The number of aliphatic hydroxyl groups excluding tert-OH is 1. The van der Waals surface area contributed by atoms with E-state index in [-0.39, 0.29) is 17.8 Å². The molecule has 4 aromatic rings.